The van der Waals surface area contributed by atoms with E-state index in [1.54, 1.807) is 6.08 Å². The molecule has 0 aliphatic heterocycles. The molecule has 0 atom stereocenters. The largest absolute Gasteiger partial charge is 0.310 e. The van der Waals surface area contributed by atoms with Crippen molar-refractivity contribution in [2.45, 2.75) is 12.3 Å². The first-order chi connectivity index (χ1) is 25.2. The fraction of sp³-hybridized carbons (Fsp3) is 0.0400. The third-order valence-electron chi connectivity index (χ3n) is 10.0. The number of anilines is 3. The van der Waals surface area contributed by atoms with Gasteiger partial charge in [-0.3, -0.25) is 0 Å². The Morgan fingerprint density at radius 1 is 0.529 bits per heavy atom. The van der Waals surface area contributed by atoms with Crippen LogP contribution in [0.1, 0.15) is 34.7 Å². The second kappa shape index (κ2) is 13.7. The summed E-state index contributed by atoms with van der Waals surface area (Å²) in [5.41, 5.74) is 15.1. The molecule has 0 fully saturated rings. The van der Waals surface area contributed by atoms with Gasteiger partial charge in [-0.05, 0) is 105 Å². The highest BCUT2D eigenvalue weighted by atomic mass is 15.1. The van der Waals surface area contributed by atoms with Gasteiger partial charge >= 0.3 is 0 Å². The lowest BCUT2D eigenvalue weighted by molar-refractivity contribution is 0.768. The summed E-state index contributed by atoms with van der Waals surface area (Å²) in [4.78, 5) is 2.36. The molecule has 0 spiro atoms. The number of hydrogen-bond donors (Lipinski definition) is 0. The lowest BCUT2D eigenvalue weighted by Crippen LogP contribution is -2.28. The first-order valence-electron chi connectivity index (χ1n) is 17.4. The molecule has 1 heteroatoms. The molecular formula is C50H37N. The van der Waals surface area contributed by atoms with Crippen LogP contribution >= 0.6 is 0 Å². The predicted octanol–water partition coefficient (Wildman–Crippen LogP) is 12.8. The van der Waals surface area contributed by atoms with Crippen molar-refractivity contribution >= 4 is 22.6 Å². The lowest BCUT2D eigenvalue weighted by atomic mass is 9.68. The highest BCUT2D eigenvalue weighted by Crippen LogP contribution is 2.56. The van der Waals surface area contributed by atoms with Crippen LogP contribution in [0.5, 0.6) is 0 Å². The SMILES string of the molecule is C#CC=CC=C(C)c1cccc(N(c2ccc(C3(c4ccccc4)c4ccccc4-c4ccccc43)cc2)c2cccc(-c3ccccc3)c2)c1. The molecule has 1 aliphatic carbocycles. The fourth-order valence-corrected chi connectivity index (χ4v) is 7.71. The molecule has 0 N–H and O–H groups in total. The molecular weight excluding hydrogens is 615 g/mol. The normalized spacial score (nSPS) is 13.0. The van der Waals surface area contributed by atoms with Crippen LogP contribution in [-0.4, -0.2) is 0 Å². The van der Waals surface area contributed by atoms with Gasteiger partial charge in [0.05, 0.1) is 5.41 Å². The molecule has 0 bridgehead atoms. The summed E-state index contributed by atoms with van der Waals surface area (Å²) >= 11 is 0. The minimum absolute atomic E-state index is 0.446. The Balaban J connectivity index is 1.30. The first kappa shape index (κ1) is 31.6. The van der Waals surface area contributed by atoms with E-state index in [4.69, 9.17) is 6.42 Å². The Bertz CT molecular complexity index is 2380. The molecule has 0 unspecified atom stereocenters. The van der Waals surface area contributed by atoms with Crippen molar-refractivity contribution < 1.29 is 0 Å². The van der Waals surface area contributed by atoms with Gasteiger partial charge in [0.1, 0.15) is 0 Å². The van der Waals surface area contributed by atoms with E-state index in [9.17, 15) is 0 Å². The van der Waals surface area contributed by atoms with Crippen LogP contribution in [-0.2, 0) is 5.41 Å². The van der Waals surface area contributed by atoms with Crippen LogP contribution < -0.4 is 4.90 Å². The summed E-state index contributed by atoms with van der Waals surface area (Å²) in [5, 5.41) is 0. The molecule has 7 aromatic carbocycles. The second-order valence-corrected chi connectivity index (χ2v) is 12.9. The van der Waals surface area contributed by atoms with Crippen molar-refractivity contribution in [1.82, 2.24) is 0 Å². The van der Waals surface area contributed by atoms with Crippen LogP contribution in [0.25, 0.3) is 27.8 Å². The number of allylic oxidation sites excluding steroid dienone is 4. The molecule has 0 heterocycles. The molecule has 51 heavy (non-hydrogen) atoms. The maximum absolute atomic E-state index is 5.47. The number of hydrogen-bond acceptors (Lipinski definition) is 1. The van der Waals surface area contributed by atoms with Gasteiger partial charge in [0, 0.05) is 17.1 Å². The van der Waals surface area contributed by atoms with Gasteiger partial charge in [0.25, 0.3) is 0 Å². The highest BCUT2D eigenvalue weighted by molar-refractivity contribution is 5.87. The Labute approximate surface area is 301 Å². The van der Waals surface area contributed by atoms with Crippen molar-refractivity contribution in [1.29, 1.82) is 0 Å². The lowest BCUT2D eigenvalue weighted by Gasteiger charge is -2.34. The van der Waals surface area contributed by atoms with Crippen molar-refractivity contribution in [2.24, 2.45) is 0 Å². The predicted molar refractivity (Wildman–Crippen MR) is 215 cm³/mol. The number of benzene rings is 7. The minimum Gasteiger partial charge on any atom is -0.310 e. The third kappa shape index (κ3) is 5.68. The second-order valence-electron chi connectivity index (χ2n) is 12.9. The van der Waals surface area contributed by atoms with Crippen LogP contribution in [0.15, 0.2) is 200 Å². The van der Waals surface area contributed by atoms with Crippen molar-refractivity contribution in [3.8, 4) is 34.6 Å². The first-order valence-corrected chi connectivity index (χ1v) is 17.4. The molecule has 0 radical (unpaired) electrons. The van der Waals surface area contributed by atoms with Gasteiger partial charge in [-0.25, -0.2) is 0 Å². The zero-order valence-electron chi connectivity index (χ0n) is 28.6. The average molecular weight is 652 g/mol. The molecule has 1 nitrogen and oxygen atoms in total. The van der Waals surface area contributed by atoms with E-state index in [1.165, 1.54) is 44.5 Å². The quantitative estimate of drug-likeness (QED) is 0.117. The van der Waals surface area contributed by atoms with E-state index in [1.807, 2.05) is 6.08 Å². The zero-order chi connectivity index (χ0) is 34.6. The molecule has 7 aromatic rings. The topological polar surface area (TPSA) is 3.24 Å². The molecule has 0 amide bonds. The smallest absolute Gasteiger partial charge is 0.0713 e. The van der Waals surface area contributed by atoms with E-state index in [2.05, 4.69) is 206 Å². The van der Waals surface area contributed by atoms with Crippen molar-refractivity contribution in [3.05, 3.63) is 228 Å². The summed E-state index contributed by atoms with van der Waals surface area (Å²) in [7, 11) is 0. The molecule has 0 aromatic heterocycles. The van der Waals surface area contributed by atoms with Gasteiger partial charge < -0.3 is 4.90 Å². The maximum atomic E-state index is 5.47. The number of terminal acetylenes is 1. The van der Waals surface area contributed by atoms with Crippen LogP contribution in [0, 0.1) is 12.3 Å². The van der Waals surface area contributed by atoms with E-state index >= 15 is 0 Å². The van der Waals surface area contributed by atoms with Gasteiger partial charge in [-0.2, -0.15) is 0 Å². The van der Waals surface area contributed by atoms with E-state index in [-0.39, 0.29) is 0 Å². The Morgan fingerprint density at radius 3 is 1.75 bits per heavy atom. The standard InChI is InChI=1S/C50H37N/c1-3-4-7-18-37(2)39-21-16-25-44(35-39)51(45-26-17-22-40(36-45)38-19-8-5-9-20-38)43-33-31-42(32-34-43)50(41-23-10-6-11-24-41)48-29-14-12-27-46(48)47-28-13-15-30-49(47)50/h1,4-36H,2H3. The summed E-state index contributed by atoms with van der Waals surface area (Å²) in [5.74, 6) is 2.58. The average Bonchev–Trinajstić information content (AvgIpc) is 3.50. The van der Waals surface area contributed by atoms with E-state index in [0.717, 1.165) is 28.2 Å². The van der Waals surface area contributed by atoms with Crippen LogP contribution in [0.3, 0.4) is 0 Å². The summed E-state index contributed by atoms with van der Waals surface area (Å²) in [6.07, 6.45) is 11.2. The fourth-order valence-electron chi connectivity index (χ4n) is 7.71. The molecule has 0 saturated carbocycles. The Morgan fingerprint density at radius 2 is 1.08 bits per heavy atom. The Kier molecular flexibility index (Phi) is 8.51. The summed E-state index contributed by atoms with van der Waals surface area (Å²) < 4.78 is 0. The van der Waals surface area contributed by atoms with Gasteiger partial charge in [0.2, 0.25) is 0 Å². The van der Waals surface area contributed by atoms with Crippen LogP contribution in [0.2, 0.25) is 0 Å². The van der Waals surface area contributed by atoms with Crippen molar-refractivity contribution in [3.63, 3.8) is 0 Å². The molecule has 1 aliphatic rings. The molecule has 242 valence electrons. The summed E-state index contributed by atoms with van der Waals surface area (Å²) in [6, 6.07) is 66.1. The number of fused-ring (bicyclic) bond motifs is 3. The van der Waals surface area contributed by atoms with E-state index in [0.29, 0.717) is 0 Å². The Hall–Kier alpha value is -6.62. The molecule has 0 saturated heterocycles. The van der Waals surface area contributed by atoms with Gasteiger partial charge in [-0.1, -0.05) is 164 Å². The highest BCUT2D eigenvalue weighted by Gasteiger charge is 2.45. The van der Waals surface area contributed by atoms with Crippen LogP contribution in [0.4, 0.5) is 17.1 Å². The molecule has 8 rings (SSSR count). The zero-order valence-corrected chi connectivity index (χ0v) is 28.6. The van der Waals surface area contributed by atoms with Crippen molar-refractivity contribution in [2.75, 3.05) is 4.90 Å². The minimum atomic E-state index is -0.446. The number of rotatable bonds is 8. The van der Waals surface area contributed by atoms with Gasteiger partial charge in [-0.15, -0.1) is 6.42 Å². The summed E-state index contributed by atoms with van der Waals surface area (Å²) in [6.45, 7) is 2.12. The third-order valence-corrected chi connectivity index (χ3v) is 10.0. The monoisotopic (exact) mass is 651 g/mol. The number of nitrogens with zero attached hydrogens (tertiary/aromatic N) is 1. The maximum Gasteiger partial charge on any atom is 0.0713 e. The van der Waals surface area contributed by atoms with E-state index < -0.39 is 5.41 Å². The van der Waals surface area contributed by atoms with Gasteiger partial charge in [0.15, 0.2) is 0 Å².